The number of aliphatic carboxylic acids is 1. The van der Waals surface area contributed by atoms with Gasteiger partial charge in [-0.3, -0.25) is 9.69 Å². The van der Waals surface area contributed by atoms with Crippen molar-refractivity contribution in [1.29, 1.82) is 0 Å². The molecule has 0 bridgehead atoms. The van der Waals surface area contributed by atoms with Gasteiger partial charge in [-0.05, 0) is 50.1 Å². The van der Waals surface area contributed by atoms with Crippen LogP contribution in [0.3, 0.4) is 0 Å². The molecule has 1 aromatic rings. The van der Waals surface area contributed by atoms with Gasteiger partial charge in [0.25, 0.3) is 0 Å². The lowest BCUT2D eigenvalue weighted by atomic mass is 9.98. The molecule has 3 nitrogen and oxygen atoms in total. The van der Waals surface area contributed by atoms with Crippen LogP contribution in [0, 0.1) is 5.82 Å². The average molecular weight is 305 g/mol. The number of hydrogen-bond donors (Lipinski definition) is 1. The molecule has 1 aliphatic rings. The standard InChI is InChI=1S/C14H15F4NO2/c1-13(12(20)21)3-2-4-19(13)8-9-5-10(14(16,17)18)7-11(15)6-9/h5-7H,2-4,8H2,1H3,(H,20,21). The Labute approximate surface area is 119 Å². The van der Waals surface area contributed by atoms with Gasteiger partial charge >= 0.3 is 12.1 Å². The summed E-state index contributed by atoms with van der Waals surface area (Å²) in [5.74, 6) is -2.00. The van der Waals surface area contributed by atoms with Gasteiger partial charge < -0.3 is 5.11 Å². The Hall–Kier alpha value is -1.63. The summed E-state index contributed by atoms with van der Waals surface area (Å²) in [6.07, 6.45) is -3.56. The maximum atomic E-state index is 13.3. The van der Waals surface area contributed by atoms with E-state index < -0.39 is 29.1 Å². The van der Waals surface area contributed by atoms with Crippen LogP contribution < -0.4 is 0 Å². The van der Waals surface area contributed by atoms with Crippen molar-refractivity contribution in [3.8, 4) is 0 Å². The highest BCUT2D eigenvalue weighted by molar-refractivity contribution is 5.78. The molecular formula is C14H15F4NO2. The first kappa shape index (κ1) is 15.8. The quantitative estimate of drug-likeness (QED) is 0.871. The number of carboxylic acids is 1. The number of carbonyl (C=O) groups is 1. The first-order valence-corrected chi connectivity index (χ1v) is 6.48. The van der Waals surface area contributed by atoms with Crippen molar-refractivity contribution >= 4 is 5.97 Å². The third-order valence-corrected chi connectivity index (χ3v) is 3.91. The van der Waals surface area contributed by atoms with E-state index >= 15 is 0 Å². The Bertz CT molecular complexity index is 558. The van der Waals surface area contributed by atoms with Gasteiger partial charge in [-0.2, -0.15) is 13.2 Å². The SMILES string of the molecule is CC1(C(=O)O)CCCN1Cc1cc(F)cc(C(F)(F)F)c1. The minimum absolute atomic E-state index is 0.0242. The fraction of sp³-hybridized carbons (Fsp3) is 0.500. The maximum absolute atomic E-state index is 13.3. The summed E-state index contributed by atoms with van der Waals surface area (Å²) in [4.78, 5) is 12.9. The zero-order chi connectivity index (χ0) is 15.8. The van der Waals surface area contributed by atoms with Gasteiger partial charge in [-0.15, -0.1) is 0 Å². The highest BCUT2D eigenvalue weighted by atomic mass is 19.4. The highest BCUT2D eigenvalue weighted by Gasteiger charge is 2.43. The van der Waals surface area contributed by atoms with Crippen LogP contribution in [-0.2, 0) is 17.5 Å². The van der Waals surface area contributed by atoms with Crippen molar-refractivity contribution in [1.82, 2.24) is 4.90 Å². The number of benzene rings is 1. The van der Waals surface area contributed by atoms with Gasteiger partial charge in [0.15, 0.2) is 0 Å². The predicted octanol–water partition coefficient (Wildman–Crippen LogP) is 3.28. The number of hydrogen-bond acceptors (Lipinski definition) is 2. The van der Waals surface area contributed by atoms with Crippen LogP contribution >= 0.6 is 0 Å². The molecule has 1 N–H and O–H groups in total. The number of rotatable bonds is 3. The van der Waals surface area contributed by atoms with Crippen LogP contribution in [0.2, 0.25) is 0 Å². The molecule has 1 aromatic carbocycles. The topological polar surface area (TPSA) is 40.5 Å². The third kappa shape index (κ3) is 3.18. The van der Waals surface area contributed by atoms with Gasteiger partial charge in [0.2, 0.25) is 0 Å². The average Bonchev–Trinajstić information content (AvgIpc) is 2.70. The summed E-state index contributed by atoms with van der Waals surface area (Å²) in [7, 11) is 0. The molecule has 1 fully saturated rings. The lowest BCUT2D eigenvalue weighted by Gasteiger charge is -2.31. The Balaban J connectivity index is 2.28. The molecular weight excluding hydrogens is 290 g/mol. The largest absolute Gasteiger partial charge is 0.480 e. The van der Waals surface area contributed by atoms with E-state index in [9.17, 15) is 27.5 Å². The molecule has 1 unspecified atom stereocenters. The fourth-order valence-electron chi connectivity index (χ4n) is 2.64. The van der Waals surface area contributed by atoms with E-state index in [1.54, 1.807) is 4.90 Å². The second kappa shape index (κ2) is 5.29. The number of alkyl halides is 3. The summed E-state index contributed by atoms with van der Waals surface area (Å²) >= 11 is 0. The Morgan fingerprint density at radius 3 is 2.62 bits per heavy atom. The van der Waals surface area contributed by atoms with Gasteiger partial charge in [0.1, 0.15) is 11.4 Å². The van der Waals surface area contributed by atoms with Crippen molar-refractivity contribution in [2.75, 3.05) is 6.54 Å². The lowest BCUT2D eigenvalue weighted by molar-refractivity contribution is -0.149. The third-order valence-electron chi connectivity index (χ3n) is 3.91. The van der Waals surface area contributed by atoms with Crippen molar-refractivity contribution < 1.29 is 27.5 Å². The van der Waals surface area contributed by atoms with Gasteiger partial charge in [-0.1, -0.05) is 0 Å². The molecule has 0 aromatic heterocycles. The van der Waals surface area contributed by atoms with Crippen LogP contribution in [0.4, 0.5) is 17.6 Å². The molecule has 2 rings (SSSR count). The zero-order valence-corrected chi connectivity index (χ0v) is 11.4. The predicted molar refractivity (Wildman–Crippen MR) is 67.1 cm³/mol. The van der Waals surface area contributed by atoms with E-state index in [0.717, 1.165) is 12.1 Å². The molecule has 21 heavy (non-hydrogen) atoms. The van der Waals surface area contributed by atoms with E-state index in [-0.39, 0.29) is 12.1 Å². The van der Waals surface area contributed by atoms with E-state index in [2.05, 4.69) is 0 Å². The van der Waals surface area contributed by atoms with E-state index in [1.165, 1.54) is 6.92 Å². The van der Waals surface area contributed by atoms with Crippen LogP contribution in [0.25, 0.3) is 0 Å². The fourth-order valence-corrected chi connectivity index (χ4v) is 2.64. The molecule has 1 saturated heterocycles. The molecule has 0 radical (unpaired) electrons. The molecule has 0 saturated carbocycles. The Kier molecular flexibility index (Phi) is 3.97. The Morgan fingerprint density at radius 1 is 1.38 bits per heavy atom. The molecule has 0 amide bonds. The van der Waals surface area contributed by atoms with Crippen molar-refractivity contribution in [2.45, 2.75) is 38.0 Å². The molecule has 0 spiro atoms. The number of nitrogens with zero attached hydrogens (tertiary/aromatic N) is 1. The van der Waals surface area contributed by atoms with Crippen molar-refractivity contribution in [3.63, 3.8) is 0 Å². The minimum Gasteiger partial charge on any atom is -0.480 e. The number of halogens is 4. The van der Waals surface area contributed by atoms with E-state index in [0.29, 0.717) is 25.5 Å². The van der Waals surface area contributed by atoms with Gasteiger partial charge in [0, 0.05) is 6.54 Å². The van der Waals surface area contributed by atoms with Crippen molar-refractivity contribution in [2.24, 2.45) is 0 Å². The summed E-state index contributed by atoms with van der Waals surface area (Å²) in [5.41, 5.74) is -2.06. The minimum atomic E-state index is -4.63. The highest BCUT2D eigenvalue weighted by Crippen LogP contribution is 2.33. The summed E-state index contributed by atoms with van der Waals surface area (Å²) in [6, 6.07) is 2.31. The molecule has 1 aliphatic heterocycles. The second-order valence-electron chi connectivity index (χ2n) is 5.45. The normalized spacial score (nSPS) is 23.5. The smallest absolute Gasteiger partial charge is 0.416 e. The molecule has 116 valence electrons. The monoisotopic (exact) mass is 305 g/mol. The second-order valence-corrected chi connectivity index (χ2v) is 5.45. The lowest BCUT2D eigenvalue weighted by Crippen LogP contribution is -2.47. The van der Waals surface area contributed by atoms with E-state index in [4.69, 9.17) is 0 Å². The summed E-state index contributed by atoms with van der Waals surface area (Å²) in [5, 5.41) is 9.26. The van der Waals surface area contributed by atoms with Crippen LogP contribution in [0.15, 0.2) is 18.2 Å². The van der Waals surface area contributed by atoms with Crippen LogP contribution in [0.1, 0.15) is 30.9 Å². The Morgan fingerprint density at radius 2 is 2.05 bits per heavy atom. The zero-order valence-electron chi connectivity index (χ0n) is 11.4. The summed E-state index contributed by atoms with van der Waals surface area (Å²) in [6.45, 7) is 1.97. The van der Waals surface area contributed by atoms with Gasteiger partial charge in [-0.25, -0.2) is 4.39 Å². The molecule has 0 aliphatic carbocycles. The van der Waals surface area contributed by atoms with Crippen LogP contribution in [-0.4, -0.2) is 28.1 Å². The first-order chi connectivity index (χ1) is 9.63. The number of likely N-dealkylation sites (tertiary alicyclic amines) is 1. The number of carboxylic acid groups (broad SMARTS) is 1. The summed E-state index contributed by atoms with van der Waals surface area (Å²) < 4.78 is 51.4. The van der Waals surface area contributed by atoms with Crippen LogP contribution in [0.5, 0.6) is 0 Å². The molecule has 1 atom stereocenters. The maximum Gasteiger partial charge on any atom is 0.416 e. The molecule has 1 heterocycles. The molecule has 7 heteroatoms. The van der Waals surface area contributed by atoms with E-state index in [1.807, 2.05) is 0 Å². The van der Waals surface area contributed by atoms with Gasteiger partial charge in [0.05, 0.1) is 5.56 Å². The first-order valence-electron chi connectivity index (χ1n) is 6.48. The van der Waals surface area contributed by atoms with Crippen molar-refractivity contribution in [3.05, 3.63) is 35.1 Å².